The Balaban J connectivity index is 2.40. The van der Waals surface area contributed by atoms with Gasteiger partial charge in [0.25, 0.3) is 0 Å². The first-order valence-corrected chi connectivity index (χ1v) is 8.19. The molecule has 0 heterocycles. The van der Waals surface area contributed by atoms with Crippen LogP contribution in [0, 0.1) is 0 Å². The smallest absolute Gasteiger partial charge is 0.356 e. The summed E-state index contributed by atoms with van der Waals surface area (Å²) in [6, 6.07) is 8.47. The maximum Gasteiger partial charge on any atom is 0.356 e. The minimum atomic E-state index is -4.63. The van der Waals surface area contributed by atoms with Crippen molar-refractivity contribution in [1.29, 1.82) is 0 Å². The fourth-order valence-corrected chi connectivity index (χ4v) is 3.18. The fraction of sp³-hybridized carbons (Fsp3) is 0.200. The molecule has 0 aliphatic carbocycles. The summed E-state index contributed by atoms with van der Waals surface area (Å²) >= 11 is 0. The molecule has 0 radical (unpaired) electrons. The molecule has 0 saturated heterocycles. The van der Waals surface area contributed by atoms with E-state index in [2.05, 4.69) is 0 Å². The van der Waals surface area contributed by atoms with Crippen molar-refractivity contribution in [2.75, 3.05) is 0 Å². The molecule has 0 bridgehead atoms. The van der Waals surface area contributed by atoms with Crippen molar-refractivity contribution in [3.05, 3.63) is 47.5 Å². The topological polar surface area (TPSA) is 118 Å². The van der Waals surface area contributed by atoms with Gasteiger partial charge in [-0.25, -0.2) is 0 Å². The molecule has 2 aromatic rings. The van der Waals surface area contributed by atoms with Crippen LogP contribution in [0.15, 0.2) is 36.4 Å². The predicted octanol–water partition coefficient (Wildman–Crippen LogP) is 1.95. The van der Waals surface area contributed by atoms with E-state index in [1.165, 1.54) is 12.1 Å². The number of aromatic hydroxyl groups is 3. The van der Waals surface area contributed by atoms with E-state index >= 15 is 0 Å². The van der Waals surface area contributed by atoms with Gasteiger partial charge in [0.05, 0.1) is 5.30 Å². The van der Waals surface area contributed by atoms with E-state index < -0.39 is 13.3 Å². The van der Waals surface area contributed by atoms with Crippen molar-refractivity contribution in [2.45, 2.75) is 19.3 Å². The molecule has 1 unspecified atom stereocenters. The summed E-state index contributed by atoms with van der Waals surface area (Å²) in [5.41, 5.74) is 0.952. The van der Waals surface area contributed by atoms with Crippen molar-refractivity contribution < 1.29 is 29.7 Å². The van der Waals surface area contributed by atoms with Crippen LogP contribution in [-0.2, 0) is 11.0 Å². The van der Waals surface area contributed by atoms with Crippen molar-refractivity contribution in [3.63, 3.8) is 0 Å². The average molecular weight is 324 g/mol. The molecule has 0 amide bonds. The van der Waals surface area contributed by atoms with E-state index in [1.54, 1.807) is 12.1 Å². The zero-order valence-electron chi connectivity index (χ0n) is 11.8. The van der Waals surface area contributed by atoms with Crippen LogP contribution in [0.5, 0.6) is 17.2 Å². The molecule has 2 rings (SSSR count). The first kappa shape index (κ1) is 16.4. The number of hydrogen-bond acceptors (Lipinski definition) is 4. The first-order valence-electron chi connectivity index (χ1n) is 6.58. The number of benzene rings is 2. The van der Waals surface area contributed by atoms with E-state index in [9.17, 15) is 29.7 Å². The van der Waals surface area contributed by atoms with E-state index in [0.717, 1.165) is 17.7 Å². The van der Waals surface area contributed by atoms with Crippen LogP contribution in [0.25, 0.3) is 0 Å². The molecular formula is C15H17O6P. The highest BCUT2D eigenvalue weighted by Gasteiger charge is 2.26. The second-order valence-corrected chi connectivity index (χ2v) is 6.77. The van der Waals surface area contributed by atoms with Gasteiger partial charge in [-0.3, -0.25) is 4.57 Å². The Morgan fingerprint density at radius 2 is 1.59 bits per heavy atom. The molecule has 0 aliphatic rings. The minimum absolute atomic E-state index is 0.103. The monoisotopic (exact) mass is 324 g/mol. The summed E-state index contributed by atoms with van der Waals surface area (Å²) in [6.45, 7) is 1.84. The summed E-state index contributed by atoms with van der Waals surface area (Å²) in [5, 5.41) is 28.3. The lowest BCUT2D eigenvalue weighted by molar-refractivity contribution is 0.385. The highest BCUT2D eigenvalue weighted by atomic mass is 31.2. The molecule has 0 aliphatic heterocycles. The lowest BCUT2D eigenvalue weighted by atomic mass is 9.93. The normalized spacial score (nSPS) is 13.0. The molecular weight excluding hydrogens is 307 g/mol. The summed E-state index contributed by atoms with van der Waals surface area (Å²) in [7, 11) is -4.63. The summed E-state index contributed by atoms with van der Waals surface area (Å²) in [6.07, 6.45) is 0.178. The standard InChI is InChI=1S/C15H17O6P/c1-9(10-2-4-11(16)5-3-10)6-13-14(18)7-12(17)8-15(13)22(19,20)21/h2-5,7-9,16-18H,6H2,1H3,(H2,19,20,21). The van der Waals surface area contributed by atoms with Crippen LogP contribution in [-0.4, -0.2) is 25.1 Å². The molecule has 0 aromatic heterocycles. The Morgan fingerprint density at radius 1 is 1.00 bits per heavy atom. The summed E-state index contributed by atoms with van der Waals surface area (Å²) < 4.78 is 11.6. The molecule has 0 fully saturated rings. The van der Waals surface area contributed by atoms with Gasteiger partial charge in [0.1, 0.15) is 17.2 Å². The Hall–Kier alpha value is -2.01. The van der Waals surface area contributed by atoms with E-state index in [4.69, 9.17) is 0 Å². The Bertz CT molecular complexity index is 720. The highest BCUT2D eigenvalue weighted by molar-refractivity contribution is 7.60. The minimum Gasteiger partial charge on any atom is -0.508 e. The molecule has 7 heteroatoms. The molecule has 5 N–H and O–H groups in total. The Labute approximate surface area is 127 Å². The molecule has 22 heavy (non-hydrogen) atoms. The molecule has 0 spiro atoms. The van der Waals surface area contributed by atoms with Crippen LogP contribution >= 0.6 is 7.60 Å². The fourth-order valence-electron chi connectivity index (χ4n) is 2.32. The van der Waals surface area contributed by atoms with Gasteiger partial charge in [-0.1, -0.05) is 19.1 Å². The molecule has 6 nitrogen and oxygen atoms in total. The van der Waals surface area contributed by atoms with Crippen LogP contribution in [0.1, 0.15) is 24.0 Å². The van der Waals surface area contributed by atoms with Gasteiger partial charge in [-0.05, 0) is 36.1 Å². The van der Waals surface area contributed by atoms with Gasteiger partial charge in [-0.15, -0.1) is 0 Å². The third-order valence-electron chi connectivity index (χ3n) is 3.47. The Kier molecular flexibility index (Phi) is 4.47. The Morgan fingerprint density at radius 3 is 2.14 bits per heavy atom. The van der Waals surface area contributed by atoms with Gasteiger partial charge in [-0.2, -0.15) is 0 Å². The lowest BCUT2D eigenvalue weighted by Gasteiger charge is -2.17. The maximum atomic E-state index is 11.6. The highest BCUT2D eigenvalue weighted by Crippen LogP contribution is 2.40. The molecule has 118 valence electrons. The number of hydrogen-bond donors (Lipinski definition) is 5. The van der Waals surface area contributed by atoms with Gasteiger partial charge in [0.2, 0.25) is 0 Å². The van der Waals surface area contributed by atoms with Crippen molar-refractivity contribution in [3.8, 4) is 17.2 Å². The van der Waals surface area contributed by atoms with Crippen molar-refractivity contribution >= 4 is 12.9 Å². The molecule has 0 saturated carbocycles. The average Bonchev–Trinajstić information content (AvgIpc) is 2.41. The van der Waals surface area contributed by atoms with Gasteiger partial charge >= 0.3 is 7.60 Å². The second-order valence-electron chi connectivity index (χ2n) is 5.20. The third-order valence-corrected chi connectivity index (χ3v) is 4.50. The van der Waals surface area contributed by atoms with Crippen LogP contribution in [0.2, 0.25) is 0 Å². The lowest BCUT2D eigenvalue weighted by Crippen LogP contribution is -2.14. The largest absolute Gasteiger partial charge is 0.508 e. The second kappa shape index (κ2) is 6.01. The van der Waals surface area contributed by atoms with Crippen LogP contribution in [0.4, 0.5) is 0 Å². The summed E-state index contributed by atoms with van der Waals surface area (Å²) in [4.78, 5) is 18.8. The van der Waals surface area contributed by atoms with Gasteiger partial charge < -0.3 is 25.1 Å². The zero-order chi connectivity index (χ0) is 16.5. The predicted molar refractivity (Wildman–Crippen MR) is 81.7 cm³/mol. The van der Waals surface area contributed by atoms with Crippen molar-refractivity contribution in [2.24, 2.45) is 0 Å². The number of phenolic OH excluding ortho intramolecular Hbond substituents is 3. The van der Waals surface area contributed by atoms with E-state index in [-0.39, 0.29) is 34.7 Å². The maximum absolute atomic E-state index is 11.6. The van der Waals surface area contributed by atoms with Crippen molar-refractivity contribution in [1.82, 2.24) is 0 Å². The zero-order valence-corrected chi connectivity index (χ0v) is 12.7. The van der Waals surface area contributed by atoms with Crippen LogP contribution < -0.4 is 5.30 Å². The number of phenols is 3. The van der Waals surface area contributed by atoms with Crippen LogP contribution in [0.3, 0.4) is 0 Å². The quantitative estimate of drug-likeness (QED) is 0.549. The number of rotatable bonds is 4. The summed E-state index contributed by atoms with van der Waals surface area (Å²) in [5.74, 6) is -0.790. The SMILES string of the molecule is CC(Cc1c(O)cc(O)cc1P(=O)(O)O)c1ccc(O)cc1. The molecule has 1 atom stereocenters. The van der Waals surface area contributed by atoms with Gasteiger partial charge in [0.15, 0.2) is 0 Å². The van der Waals surface area contributed by atoms with E-state index in [1.807, 2.05) is 6.92 Å². The van der Waals surface area contributed by atoms with E-state index in [0.29, 0.717) is 0 Å². The molecule has 2 aromatic carbocycles. The van der Waals surface area contributed by atoms with Gasteiger partial charge in [0, 0.05) is 11.6 Å². The third kappa shape index (κ3) is 3.60. The first-order chi connectivity index (χ1) is 10.2.